The van der Waals surface area contributed by atoms with Crippen LogP contribution in [0.15, 0.2) is 42.6 Å². The summed E-state index contributed by atoms with van der Waals surface area (Å²) in [6.07, 6.45) is 1.57. The molecule has 22 heavy (non-hydrogen) atoms. The minimum absolute atomic E-state index is 0.0622. The fourth-order valence-electron chi connectivity index (χ4n) is 2.62. The van der Waals surface area contributed by atoms with Crippen molar-refractivity contribution in [3.63, 3.8) is 0 Å². The molecule has 0 bridgehead atoms. The van der Waals surface area contributed by atoms with E-state index in [9.17, 15) is 4.79 Å². The highest BCUT2D eigenvalue weighted by atomic mass is 16.5. The Balaban J connectivity index is 1.67. The lowest BCUT2D eigenvalue weighted by molar-refractivity contribution is 0.0739. The molecule has 114 valence electrons. The van der Waals surface area contributed by atoms with Crippen LogP contribution in [0.25, 0.3) is 0 Å². The summed E-state index contributed by atoms with van der Waals surface area (Å²) in [6, 6.07) is 11.4. The number of nitrogens with zero attached hydrogens (tertiary/aromatic N) is 4. The van der Waals surface area contributed by atoms with Crippen LogP contribution in [0.4, 0.5) is 5.69 Å². The summed E-state index contributed by atoms with van der Waals surface area (Å²) >= 11 is 0. The van der Waals surface area contributed by atoms with Gasteiger partial charge in [-0.3, -0.25) is 4.79 Å². The molecule has 0 aliphatic carbocycles. The van der Waals surface area contributed by atoms with Gasteiger partial charge in [0, 0.05) is 32.4 Å². The van der Waals surface area contributed by atoms with Crippen molar-refractivity contribution in [2.24, 2.45) is 0 Å². The van der Waals surface area contributed by atoms with Crippen molar-refractivity contribution in [3.8, 4) is 5.75 Å². The van der Waals surface area contributed by atoms with Gasteiger partial charge in [0.25, 0.3) is 5.91 Å². The highest BCUT2D eigenvalue weighted by Gasteiger charge is 2.24. The van der Waals surface area contributed by atoms with E-state index in [-0.39, 0.29) is 5.91 Å². The lowest BCUT2D eigenvalue weighted by Crippen LogP contribution is -2.49. The summed E-state index contributed by atoms with van der Waals surface area (Å²) in [5.41, 5.74) is 1.46. The van der Waals surface area contributed by atoms with Crippen LogP contribution in [-0.2, 0) is 0 Å². The zero-order valence-electron chi connectivity index (χ0n) is 12.5. The maximum Gasteiger partial charge on any atom is 0.274 e. The van der Waals surface area contributed by atoms with Crippen LogP contribution in [-0.4, -0.2) is 54.3 Å². The topological polar surface area (TPSA) is 58.6 Å². The maximum absolute atomic E-state index is 12.3. The summed E-state index contributed by atoms with van der Waals surface area (Å²) < 4.78 is 5.40. The predicted molar refractivity (Wildman–Crippen MR) is 83.1 cm³/mol. The Morgan fingerprint density at radius 2 is 1.86 bits per heavy atom. The van der Waals surface area contributed by atoms with Crippen LogP contribution >= 0.6 is 0 Å². The minimum atomic E-state index is -0.0622. The summed E-state index contributed by atoms with van der Waals surface area (Å²) in [7, 11) is 1.67. The van der Waals surface area contributed by atoms with E-state index in [2.05, 4.69) is 15.1 Å². The molecule has 1 saturated heterocycles. The van der Waals surface area contributed by atoms with Crippen molar-refractivity contribution >= 4 is 11.6 Å². The van der Waals surface area contributed by atoms with E-state index in [1.54, 1.807) is 25.4 Å². The number of para-hydroxylation sites is 2. The first kappa shape index (κ1) is 14.3. The third-order valence-corrected chi connectivity index (χ3v) is 3.78. The zero-order chi connectivity index (χ0) is 15.4. The summed E-state index contributed by atoms with van der Waals surface area (Å²) in [5.74, 6) is 0.795. The van der Waals surface area contributed by atoms with Gasteiger partial charge in [0.15, 0.2) is 5.69 Å². The molecule has 0 radical (unpaired) electrons. The molecule has 2 aromatic rings. The first-order chi connectivity index (χ1) is 10.8. The molecule has 0 saturated carbocycles. The van der Waals surface area contributed by atoms with E-state index >= 15 is 0 Å². The fourth-order valence-corrected chi connectivity index (χ4v) is 2.62. The molecule has 1 aromatic carbocycles. The highest BCUT2D eigenvalue weighted by molar-refractivity contribution is 5.92. The molecule has 3 rings (SSSR count). The molecule has 2 heterocycles. The van der Waals surface area contributed by atoms with Crippen molar-refractivity contribution in [2.45, 2.75) is 0 Å². The van der Waals surface area contributed by atoms with Gasteiger partial charge in [0.05, 0.1) is 12.8 Å². The molecule has 1 aromatic heterocycles. The number of ether oxygens (including phenoxy) is 1. The zero-order valence-corrected chi connectivity index (χ0v) is 12.5. The lowest BCUT2D eigenvalue weighted by Gasteiger charge is -2.36. The number of benzene rings is 1. The second-order valence-electron chi connectivity index (χ2n) is 5.06. The molecule has 0 unspecified atom stereocenters. The van der Waals surface area contributed by atoms with Crippen LogP contribution < -0.4 is 9.64 Å². The monoisotopic (exact) mass is 298 g/mol. The number of carbonyl (C=O) groups is 1. The SMILES string of the molecule is COc1ccccc1N1CCN(C(=O)c2cccnn2)CC1. The molecule has 6 heteroatoms. The number of rotatable bonds is 3. The molecule has 1 amide bonds. The number of hydrogen-bond donors (Lipinski definition) is 0. The van der Waals surface area contributed by atoms with Gasteiger partial charge in [-0.25, -0.2) is 0 Å². The molecule has 1 aliphatic rings. The van der Waals surface area contributed by atoms with Crippen LogP contribution in [0.5, 0.6) is 5.75 Å². The average molecular weight is 298 g/mol. The molecule has 0 spiro atoms. The second kappa shape index (κ2) is 6.43. The van der Waals surface area contributed by atoms with Gasteiger partial charge in [-0.2, -0.15) is 5.10 Å². The van der Waals surface area contributed by atoms with Gasteiger partial charge in [-0.05, 0) is 24.3 Å². The van der Waals surface area contributed by atoms with Crippen molar-refractivity contribution in [2.75, 3.05) is 38.2 Å². The number of amides is 1. The lowest BCUT2D eigenvalue weighted by atomic mass is 10.2. The number of hydrogen-bond acceptors (Lipinski definition) is 5. The highest BCUT2D eigenvalue weighted by Crippen LogP contribution is 2.28. The van der Waals surface area contributed by atoms with Crippen LogP contribution in [0, 0.1) is 0 Å². The Morgan fingerprint density at radius 3 is 2.55 bits per heavy atom. The fraction of sp³-hybridized carbons (Fsp3) is 0.312. The van der Waals surface area contributed by atoms with Crippen LogP contribution in [0.2, 0.25) is 0 Å². The number of aromatic nitrogens is 2. The van der Waals surface area contributed by atoms with E-state index in [1.807, 2.05) is 29.2 Å². The van der Waals surface area contributed by atoms with E-state index in [0.717, 1.165) is 24.5 Å². The third kappa shape index (κ3) is 2.86. The second-order valence-corrected chi connectivity index (χ2v) is 5.06. The maximum atomic E-state index is 12.3. The standard InChI is InChI=1S/C16H18N4O2/c1-22-15-7-3-2-6-14(15)19-9-11-20(12-10-19)16(21)13-5-4-8-17-18-13/h2-8H,9-12H2,1H3. The Labute approximate surface area is 129 Å². The van der Waals surface area contributed by atoms with E-state index in [1.165, 1.54) is 0 Å². The quantitative estimate of drug-likeness (QED) is 0.858. The molecule has 1 aliphatic heterocycles. The Bertz CT molecular complexity index is 640. The summed E-state index contributed by atoms with van der Waals surface area (Å²) in [5, 5.41) is 7.64. The van der Waals surface area contributed by atoms with E-state index < -0.39 is 0 Å². The summed E-state index contributed by atoms with van der Waals surface area (Å²) in [4.78, 5) is 16.4. The first-order valence-electron chi connectivity index (χ1n) is 7.24. The minimum Gasteiger partial charge on any atom is -0.495 e. The molecule has 0 N–H and O–H groups in total. The molecule has 0 atom stereocenters. The first-order valence-corrected chi connectivity index (χ1v) is 7.24. The number of anilines is 1. The van der Waals surface area contributed by atoms with Crippen molar-refractivity contribution in [3.05, 3.63) is 48.3 Å². The van der Waals surface area contributed by atoms with E-state index in [0.29, 0.717) is 18.8 Å². The van der Waals surface area contributed by atoms with Gasteiger partial charge in [-0.1, -0.05) is 12.1 Å². The third-order valence-electron chi connectivity index (χ3n) is 3.78. The van der Waals surface area contributed by atoms with Crippen LogP contribution in [0.3, 0.4) is 0 Å². The van der Waals surface area contributed by atoms with Gasteiger partial charge in [0.1, 0.15) is 5.75 Å². The van der Waals surface area contributed by atoms with Crippen molar-refractivity contribution in [1.82, 2.24) is 15.1 Å². The molecule has 6 nitrogen and oxygen atoms in total. The average Bonchev–Trinajstić information content (AvgIpc) is 2.62. The number of methoxy groups -OCH3 is 1. The largest absolute Gasteiger partial charge is 0.495 e. The summed E-state index contributed by atoms with van der Waals surface area (Å²) in [6.45, 7) is 2.86. The predicted octanol–water partition coefficient (Wildman–Crippen LogP) is 1.45. The van der Waals surface area contributed by atoms with E-state index in [4.69, 9.17) is 4.74 Å². The number of piperazine rings is 1. The van der Waals surface area contributed by atoms with Crippen molar-refractivity contribution < 1.29 is 9.53 Å². The normalized spacial score (nSPS) is 14.8. The number of carbonyl (C=O) groups excluding carboxylic acids is 1. The van der Waals surface area contributed by atoms with Gasteiger partial charge >= 0.3 is 0 Å². The van der Waals surface area contributed by atoms with Crippen molar-refractivity contribution in [1.29, 1.82) is 0 Å². The van der Waals surface area contributed by atoms with Crippen LogP contribution in [0.1, 0.15) is 10.5 Å². The Morgan fingerprint density at radius 1 is 1.09 bits per heavy atom. The molecular weight excluding hydrogens is 280 g/mol. The smallest absolute Gasteiger partial charge is 0.274 e. The molecule has 1 fully saturated rings. The van der Waals surface area contributed by atoms with Gasteiger partial charge in [-0.15, -0.1) is 5.10 Å². The Kier molecular flexibility index (Phi) is 4.18. The Hall–Kier alpha value is -2.63. The van der Waals surface area contributed by atoms with Gasteiger partial charge in [0.2, 0.25) is 0 Å². The molecular formula is C16H18N4O2. The van der Waals surface area contributed by atoms with Gasteiger partial charge < -0.3 is 14.5 Å².